The predicted molar refractivity (Wildman–Crippen MR) is 99.1 cm³/mol. The largest absolute Gasteiger partial charge is 0.497 e. The highest BCUT2D eigenvalue weighted by Crippen LogP contribution is 2.36. The average Bonchev–Trinajstić information content (AvgIpc) is 2.76. The number of carbonyl (C=O) groups is 1. The molecule has 1 fully saturated rings. The van der Waals surface area contributed by atoms with Crippen LogP contribution in [0.4, 0.5) is 11.4 Å². The second-order valence-electron chi connectivity index (χ2n) is 6.70. The van der Waals surface area contributed by atoms with E-state index in [1.807, 2.05) is 24.3 Å². The van der Waals surface area contributed by atoms with Crippen LogP contribution in [0.5, 0.6) is 5.75 Å². The molecule has 1 N–H and O–H groups in total. The molecule has 0 bridgehead atoms. The van der Waals surface area contributed by atoms with Crippen molar-refractivity contribution >= 4 is 17.3 Å². The number of hydrogen-bond acceptors (Lipinski definition) is 4. The Bertz CT molecular complexity index is 763. The summed E-state index contributed by atoms with van der Waals surface area (Å²) in [5.74, 6) is 0.904. The first-order valence-corrected chi connectivity index (χ1v) is 8.74. The number of piperazine rings is 1. The Kier molecular flexibility index (Phi) is 4.32. The number of nitrogens with one attached hydrogen (secondary N) is 1. The highest BCUT2D eigenvalue weighted by molar-refractivity contribution is 5.97. The maximum absolute atomic E-state index is 12.3. The van der Waals surface area contributed by atoms with Gasteiger partial charge in [-0.2, -0.15) is 0 Å². The minimum absolute atomic E-state index is 0.0838. The molecule has 5 heteroatoms. The maximum atomic E-state index is 12.3. The molecule has 1 saturated heterocycles. The zero-order chi connectivity index (χ0) is 17.2. The number of ether oxygens (including phenoxy) is 1. The molecular formula is C20H23N3O2. The number of rotatable bonds is 3. The SMILES string of the molecule is COc1ccc2c(c1)N1CCN(Cc3ccccc3)CC1CC(=O)N2. The Morgan fingerprint density at radius 2 is 2.00 bits per heavy atom. The zero-order valence-corrected chi connectivity index (χ0v) is 14.4. The number of benzene rings is 2. The number of anilines is 2. The van der Waals surface area contributed by atoms with E-state index in [1.165, 1.54) is 5.56 Å². The van der Waals surface area contributed by atoms with Crippen LogP contribution < -0.4 is 15.0 Å². The van der Waals surface area contributed by atoms with Crippen LogP contribution in [0.15, 0.2) is 48.5 Å². The van der Waals surface area contributed by atoms with Crippen molar-refractivity contribution in [3.8, 4) is 5.75 Å². The fourth-order valence-corrected chi connectivity index (χ4v) is 3.79. The van der Waals surface area contributed by atoms with Crippen molar-refractivity contribution in [1.29, 1.82) is 0 Å². The van der Waals surface area contributed by atoms with E-state index in [4.69, 9.17) is 4.74 Å². The van der Waals surface area contributed by atoms with E-state index in [-0.39, 0.29) is 11.9 Å². The average molecular weight is 337 g/mol. The van der Waals surface area contributed by atoms with Crippen LogP contribution in [0.25, 0.3) is 0 Å². The molecule has 1 unspecified atom stereocenters. The molecule has 5 nitrogen and oxygen atoms in total. The van der Waals surface area contributed by atoms with Gasteiger partial charge in [-0.1, -0.05) is 30.3 Å². The summed E-state index contributed by atoms with van der Waals surface area (Å²) in [6, 6.07) is 16.6. The Hall–Kier alpha value is -2.53. The number of amides is 1. The fourth-order valence-electron chi connectivity index (χ4n) is 3.79. The second kappa shape index (κ2) is 6.76. The van der Waals surface area contributed by atoms with Crippen LogP contribution in [-0.2, 0) is 11.3 Å². The van der Waals surface area contributed by atoms with Gasteiger partial charge in [0.25, 0.3) is 0 Å². The van der Waals surface area contributed by atoms with Crippen LogP contribution >= 0.6 is 0 Å². The molecular weight excluding hydrogens is 314 g/mol. The molecule has 25 heavy (non-hydrogen) atoms. The molecule has 0 aliphatic carbocycles. The first-order chi connectivity index (χ1) is 12.2. The lowest BCUT2D eigenvalue weighted by molar-refractivity contribution is -0.116. The van der Waals surface area contributed by atoms with Gasteiger partial charge in [0.2, 0.25) is 5.91 Å². The summed E-state index contributed by atoms with van der Waals surface area (Å²) in [6.45, 7) is 3.71. The number of fused-ring (bicyclic) bond motifs is 3. The molecule has 2 aromatic carbocycles. The molecule has 4 rings (SSSR count). The lowest BCUT2D eigenvalue weighted by Gasteiger charge is -2.42. The van der Waals surface area contributed by atoms with Crippen molar-refractivity contribution in [2.45, 2.75) is 19.0 Å². The lowest BCUT2D eigenvalue weighted by atomic mass is 10.1. The number of carbonyl (C=O) groups excluding carboxylic acids is 1. The van der Waals surface area contributed by atoms with Crippen LogP contribution in [0, 0.1) is 0 Å². The van der Waals surface area contributed by atoms with Crippen LogP contribution in [0.3, 0.4) is 0 Å². The van der Waals surface area contributed by atoms with E-state index in [1.54, 1.807) is 7.11 Å². The van der Waals surface area contributed by atoms with Crippen molar-refractivity contribution < 1.29 is 9.53 Å². The van der Waals surface area contributed by atoms with Gasteiger partial charge in [-0.05, 0) is 17.7 Å². The van der Waals surface area contributed by atoms with E-state index in [0.29, 0.717) is 6.42 Å². The third-order valence-electron chi connectivity index (χ3n) is 5.03. The standard InChI is InChI=1S/C20H23N3O2/c1-25-17-7-8-18-19(12-17)23-10-9-22(13-15-5-3-2-4-6-15)14-16(23)11-20(24)21-18/h2-8,12,16H,9-11,13-14H2,1H3,(H,21,24). The topological polar surface area (TPSA) is 44.8 Å². The zero-order valence-electron chi connectivity index (χ0n) is 14.4. The van der Waals surface area contributed by atoms with Crippen molar-refractivity contribution in [2.75, 3.05) is 37.0 Å². The van der Waals surface area contributed by atoms with Gasteiger partial charge in [0.15, 0.2) is 0 Å². The van der Waals surface area contributed by atoms with Gasteiger partial charge in [0, 0.05) is 38.7 Å². The van der Waals surface area contributed by atoms with E-state index < -0.39 is 0 Å². The summed E-state index contributed by atoms with van der Waals surface area (Å²) in [5, 5.41) is 3.04. The van der Waals surface area contributed by atoms with Gasteiger partial charge in [-0.3, -0.25) is 9.69 Å². The first kappa shape index (κ1) is 16.0. The summed E-state index contributed by atoms with van der Waals surface area (Å²) in [5.41, 5.74) is 3.26. The monoisotopic (exact) mass is 337 g/mol. The molecule has 2 aliphatic rings. The van der Waals surface area contributed by atoms with Gasteiger partial charge in [0.05, 0.1) is 24.5 Å². The van der Waals surface area contributed by atoms with Crippen molar-refractivity contribution in [3.05, 3.63) is 54.1 Å². The van der Waals surface area contributed by atoms with Gasteiger partial charge in [-0.15, -0.1) is 0 Å². The Labute approximate surface area is 148 Å². The van der Waals surface area contributed by atoms with Crippen LogP contribution in [0.2, 0.25) is 0 Å². The van der Waals surface area contributed by atoms with Crippen molar-refractivity contribution in [2.24, 2.45) is 0 Å². The quantitative estimate of drug-likeness (QED) is 0.935. The summed E-state index contributed by atoms with van der Waals surface area (Å²) in [7, 11) is 1.67. The van der Waals surface area contributed by atoms with Gasteiger partial charge < -0.3 is 15.0 Å². The fraction of sp³-hybridized carbons (Fsp3) is 0.350. The Balaban J connectivity index is 1.57. The molecule has 1 atom stereocenters. The Morgan fingerprint density at radius 1 is 1.16 bits per heavy atom. The lowest BCUT2D eigenvalue weighted by Crippen LogP contribution is -2.53. The third kappa shape index (κ3) is 3.33. The van der Waals surface area contributed by atoms with Gasteiger partial charge >= 0.3 is 0 Å². The smallest absolute Gasteiger partial charge is 0.226 e. The highest BCUT2D eigenvalue weighted by Gasteiger charge is 2.33. The van der Waals surface area contributed by atoms with Crippen LogP contribution in [-0.4, -0.2) is 43.6 Å². The summed E-state index contributed by atoms with van der Waals surface area (Å²) in [6.07, 6.45) is 0.516. The van der Waals surface area contributed by atoms with E-state index in [0.717, 1.165) is 43.3 Å². The summed E-state index contributed by atoms with van der Waals surface area (Å²) >= 11 is 0. The third-order valence-corrected chi connectivity index (χ3v) is 5.03. The van der Waals surface area contributed by atoms with Crippen molar-refractivity contribution in [3.63, 3.8) is 0 Å². The second-order valence-corrected chi connectivity index (χ2v) is 6.70. The predicted octanol–water partition coefficient (Wildman–Crippen LogP) is 2.73. The van der Waals surface area contributed by atoms with E-state index in [9.17, 15) is 4.79 Å². The summed E-state index contributed by atoms with van der Waals surface area (Å²) in [4.78, 5) is 17.1. The molecule has 130 valence electrons. The molecule has 2 heterocycles. The molecule has 0 saturated carbocycles. The van der Waals surface area contributed by atoms with Gasteiger partial charge in [0.1, 0.15) is 5.75 Å². The Morgan fingerprint density at radius 3 is 2.80 bits per heavy atom. The molecule has 2 aliphatic heterocycles. The number of hydrogen-bond donors (Lipinski definition) is 1. The number of nitrogens with zero attached hydrogens (tertiary/aromatic N) is 2. The first-order valence-electron chi connectivity index (χ1n) is 8.74. The normalized spacial score (nSPS) is 20.3. The minimum Gasteiger partial charge on any atom is -0.497 e. The maximum Gasteiger partial charge on any atom is 0.226 e. The van der Waals surface area contributed by atoms with E-state index in [2.05, 4.69) is 39.4 Å². The molecule has 2 aromatic rings. The summed E-state index contributed by atoms with van der Waals surface area (Å²) < 4.78 is 5.38. The molecule has 0 aromatic heterocycles. The van der Waals surface area contributed by atoms with E-state index >= 15 is 0 Å². The molecule has 1 amide bonds. The van der Waals surface area contributed by atoms with Gasteiger partial charge in [-0.25, -0.2) is 0 Å². The van der Waals surface area contributed by atoms with Crippen molar-refractivity contribution in [1.82, 2.24) is 4.90 Å². The highest BCUT2D eigenvalue weighted by atomic mass is 16.5. The number of methoxy groups -OCH3 is 1. The minimum atomic E-state index is 0.0838. The molecule has 0 spiro atoms. The van der Waals surface area contributed by atoms with Crippen LogP contribution in [0.1, 0.15) is 12.0 Å². The molecule has 0 radical (unpaired) electrons.